The molecule has 0 atom stereocenters. The Morgan fingerprint density at radius 1 is 0.895 bits per heavy atom. The first-order valence-electron chi connectivity index (χ1n) is 7.83. The third-order valence-electron chi connectivity index (χ3n) is 4.58. The van der Waals surface area contributed by atoms with Crippen LogP contribution in [0.2, 0.25) is 0 Å². The Balaban J connectivity index is 1.85. The number of urea groups is 1. The van der Waals surface area contributed by atoms with Crippen LogP contribution in [0, 0.1) is 10.8 Å². The third kappa shape index (κ3) is 4.39. The number of amides is 2. The molecule has 2 rings (SSSR count). The van der Waals surface area contributed by atoms with Crippen LogP contribution in [0.1, 0.15) is 72.6 Å². The summed E-state index contributed by atoms with van der Waals surface area (Å²) in [5.41, 5.74) is 0.653. The van der Waals surface area contributed by atoms with Crippen LogP contribution in [0.4, 0.5) is 4.79 Å². The van der Waals surface area contributed by atoms with Crippen LogP contribution in [0.15, 0.2) is 0 Å². The number of carbonyl (C=O) groups excluding carboxylic acids is 1. The highest BCUT2D eigenvalue weighted by Crippen LogP contribution is 2.45. The SMILES string of the molecule is CC1(C)CC(NC(=O)NC2CCCC2)CC(C)(C)C1. The van der Waals surface area contributed by atoms with Gasteiger partial charge < -0.3 is 10.6 Å². The predicted molar refractivity (Wildman–Crippen MR) is 79.1 cm³/mol. The van der Waals surface area contributed by atoms with Crippen LogP contribution in [0.25, 0.3) is 0 Å². The van der Waals surface area contributed by atoms with Crippen molar-refractivity contribution in [2.24, 2.45) is 10.8 Å². The normalized spacial score (nSPS) is 27.2. The van der Waals surface area contributed by atoms with Crippen molar-refractivity contribution < 1.29 is 4.79 Å². The Kier molecular flexibility index (Phi) is 4.12. The van der Waals surface area contributed by atoms with Crippen LogP contribution in [-0.2, 0) is 0 Å². The highest BCUT2D eigenvalue weighted by atomic mass is 16.2. The van der Waals surface area contributed by atoms with Crippen molar-refractivity contribution in [3.8, 4) is 0 Å². The Morgan fingerprint density at radius 2 is 1.37 bits per heavy atom. The zero-order valence-electron chi connectivity index (χ0n) is 13.0. The molecular formula is C16H30N2O. The molecule has 2 saturated carbocycles. The molecule has 0 aliphatic heterocycles. The summed E-state index contributed by atoms with van der Waals surface area (Å²) in [4.78, 5) is 12.1. The van der Waals surface area contributed by atoms with Crippen molar-refractivity contribution in [2.75, 3.05) is 0 Å². The third-order valence-corrected chi connectivity index (χ3v) is 4.58. The molecule has 110 valence electrons. The second-order valence-electron chi connectivity index (χ2n) is 8.21. The van der Waals surface area contributed by atoms with Crippen LogP contribution in [0.5, 0.6) is 0 Å². The number of hydrogen-bond acceptors (Lipinski definition) is 1. The maximum atomic E-state index is 12.1. The summed E-state index contributed by atoms with van der Waals surface area (Å²) in [6, 6.07) is 0.773. The lowest BCUT2D eigenvalue weighted by Gasteiger charge is -2.45. The molecule has 0 radical (unpaired) electrons. The Hall–Kier alpha value is -0.730. The van der Waals surface area contributed by atoms with E-state index in [4.69, 9.17) is 0 Å². The largest absolute Gasteiger partial charge is 0.335 e. The average molecular weight is 266 g/mol. The molecular weight excluding hydrogens is 236 g/mol. The fourth-order valence-electron chi connectivity index (χ4n) is 4.43. The van der Waals surface area contributed by atoms with Gasteiger partial charge in [0, 0.05) is 12.1 Å². The first kappa shape index (κ1) is 14.7. The summed E-state index contributed by atoms with van der Waals surface area (Å²) in [7, 11) is 0. The minimum atomic E-state index is 0.0467. The minimum absolute atomic E-state index is 0.0467. The molecule has 0 unspecified atom stereocenters. The van der Waals surface area contributed by atoms with Crippen molar-refractivity contribution in [1.82, 2.24) is 10.6 Å². The van der Waals surface area contributed by atoms with E-state index in [-0.39, 0.29) is 6.03 Å². The van der Waals surface area contributed by atoms with Crippen molar-refractivity contribution in [2.45, 2.75) is 84.7 Å². The van der Waals surface area contributed by atoms with Gasteiger partial charge in [-0.25, -0.2) is 4.79 Å². The summed E-state index contributed by atoms with van der Waals surface area (Å²) >= 11 is 0. The first-order valence-corrected chi connectivity index (χ1v) is 7.83. The molecule has 0 aromatic rings. The van der Waals surface area contributed by atoms with E-state index in [2.05, 4.69) is 38.3 Å². The van der Waals surface area contributed by atoms with E-state index in [1.807, 2.05) is 0 Å². The van der Waals surface area contributed by atoms with E-state index >= 15 is 0 Å². The lowest BCUT2D eigenvalue weighted by molar-refractivity contribution is 0.0881. The molecule has 2 N–H and O–H groups in total. The maximum Gasteiger partial charge on any atom is 0.315 e. The molecule has 19 heavy (non-hydrogen) atoms. The second-order valence-corrected chi connectivity index (χ2v) is 8.21. The lowest BCUT2D eigenvalue weighted by Crippen LogP contribution is -2.50. The quantitative estimate of drug-likeness (QED) is 0.783. The molecule has 0 aromatic carbocycles. The number of hydrogen-bond donors (Lipinski definition) is 2. The maximum absolute atomic E-state index is 12.1. The summed E-state index contributed by atoms with van der Waals surface area (Å²) in [5.74, 6) is 0. The van der Waals surface area contributed by atoms with Gasteiger partial charge in [-0.2, -0.15) is 0 Å². The Labute approximate surface area is 117 Å². The highest BCUT2D eigenvalue weighted by molar-refractivity contribution is 5.74. The van der Waals surface area contributed by atoms with Crippen LogP contribution in [0.3, 0.4) is 0 Å². The number of carbonyl (C=O) groups is 1. The van der Waals surface area contributed by atoms with E-state index in [1.165, 1.54) is 19.3 Å². The summed E-state index contributed by atoms with van der Waals surface area (Å²) < 4.78 is 0. The monoisotopic (exact) mass is 266 g/mol. The molecule has 3 nitrogen and oxygen atoms in total. The lowest BCUT2D eigenvalue weighted by atomic mass is 9.63. The van der Waals surface area contributed by atoms with E-state index in [9.17, 15) is 4.79 Å². The van der Waals surface area contributed by atoms with Gasteiger partial charge in [-0.1, -0.05) is 40.5 Å². The van der Waals surface area contributed by atoms with Gasteiger partial charge >= 0.3 is 6.03 Å². The number of rotatable bonds is 2. The van der Waals surface area contributed by atoms with Crippen LogP contribution in [-0.4, -0.2) is 18.1 Å². The number of nitrogens with one attached hydrogen (secondary N) is 2. The fourth-order valence-corrected chi connectivity index (χ4v) is 4.43. The Bertz CT molecular complexity index is 314. The second kappa shape index (κ2) is 5.34. The van der Waals surface area contributed by atoms with Gasteiger partial charge in [0.1, 0.15) is 0 Å². The van der Waals surface area contributed by atoms with E-state index in [0.29, 0.717) is 22.9 Å². The van der Waals surface area contributed by atoms with Gasteiger partial charge in [0.15, 0.2) is 0 Å². The molecule has 2 aliphatic rings. The summed E-state index contributed by atoms with van der Waals surface area (Å²) in [6.07, 6.45) is 8.23. The zero-order chi connectivity index (χ0) is 14.1. The van der Waals surface area contributed by atoms with Gasteiger partial charge in [-0.3, -0.25) is 0 Å². The summed E-state index contributed by atoms with van der Waals surface area (Å²) in [5, 5.41) is 6.34. The minimum Gasteiger partial charge on any atom is -0.335 e. The van der Waals surface area contributed by atoms with Gasteiger partial charge in [-0.05, 0) is 42.9 Å². The average Bonchev–Trinajstić information content (AvgIpc) is 2.63. The molecule has 0 saturated heterocycles. The fraction of sp³-hybridized carbons (Fsp3) is 0.938. The van der Waals surface area contributed by atoms with Crippen molar-refractivity contribution in [3.63, 3.8) is 0 Å². The molecule has 0 spiro atoms. The standard InChI is InChI=1S/C16H30N2O/c1-15(2)9-13(10-16(3,4)11-15)18-14(19)17-12-7-5-6-8-12/h12-13H,5-11H2,1-4H3,(H2,17,18,19). The first-order chi connectivity index (χ1) is 8.76. The molecule has 2 amide bonds. The molecule has 0 heterocycles. The van der Waals surface area contributed by atoms with Gasteiger partial charge in [-0.15, -0.1) is 0 Å². The van der Waals surface area contributed by atoms with Crippen molar-refractivity contribution >= 4 is 6.03 Å². The zero-order valence-corrected chi connectivity index (χ0v) is 13.0. The van der Waals surface area contributed by atoms with E-state index in [0.717, 1.165) is 25.7 Å². The topological polar surface area (TPSA) is 41.1 Å². The van der Waals surface area contributed by atoms with Crippen LogP contribution >= 0.6 is 0 Å². The Morgan fingerprint density at radius 3 is 1.89 bits per heavy atom. The summed E-state index contributed by atoms with van der Waals surface area (Å²) in [6.45, 7) is 9.27. The van der Waals surface area contributed by atoms with E-state index < -0.39 is 0 Å². The van der Waals surface area contributed by atoms with Crippen molar-refractivity contribution in [3.05, 3.63) is 0 Å². The molecule has 3 heteroatoms. The highest BCUT2D eigenvalue weighted by Gasteiger charge is 2.39. The van der Waals surface area contributed by atoms with Crippen molar-refractivity contribution in [1.29, 1.82) is 0 Å². The predicted octanol–water partition coefficient (Wildman–Crippen LogP) is 3.83. The van der Waals surface area contributed by atoms with E-state index in [1.54, 1.807) is 0 Å². The molecule has 0 bridgehead atoms. The van der Waals surface area contributed by atoms with Crippen LogP contribution < -0.4 is 10.6 Å². The molecule has 0 aromatic heterocycles. The van der Waals surface area contributed by atoms with Gasteiger partial charge in [0.05, 0.1) is 0 Å². The smallest absolute Gasteiger partial charge is 0.315 e. The molecule has 2 fully saturated rings. The molecule has 2 aliphatic carbocycles. The van der Waals surface area contributed by atoms with Gasteiger partial charge in [0.2, 0.25) is 0 Å². The van der Waals surface area contributed by atoms with Gasteiger partial charge in [0.25, 0.3) is 0 Å².